The van der Waals surface area contributed by atoms with Crippen molar-refractivity contribution < 1.29 is 0 Å². The van der Waals surface area contributed by atoms with Crippen LogP contribution in [0.3, 0.4) is 0 Å². The SMILES string of the molecule is CCN(CC)CCSC1CC(C(C)(C)C)CCC1C#N. The quantitative estimate of drug-likeness (QED) is 0.726. The molecule has 0 amide bonds. The Hall–Kier alpha value is -0.200. The van der Waals surface area contributed by atoms with E-state index < -0.39 is 0 Å². The molecule has 3 unspecified atom stereocenters. The number of hydrogen-bond acceptors (Lipinski definition) is 3. The molecule has 0 aliphatic heterocycles. The number of hydrogen-bond donors (Lipinski definition) is 0. The molecule has 20 heavy (non-hydrogen) atoms. The van der Waals surface area contributed by atoms with E-state index in [-0.39, 0.29) is 5.92 Å². The summed E-state index contributed by atoms with van der Waals surface area (Å²) in [6.07, 6.45) is 3.56. The molecule has 3 heteroatoms. The average molecular weight is 297 g/mol. The van der Waals surface area contributed by atoms with Crippen molar-refractivity contribution in [3.63, 3.8) is 0 Å². The molecule has 0 heterocycles. The highest BCUT2D eigenvalue weighted by molar-refractivity contribution is 7.99. The Morgan fingerprint density at radius 2 is 1.85 bits per heavy atom. The first-order valence-corrected chi connectivity index (χ1v) is 9.20. The summed E-state index contributed by atoms with van der Waals surface area (Å²) in [4.78, 5) is 2.47. The maximum absolute atomic E-state index is 9.38. The first kappa shape index (κ1) is 17.9. The van der Waals surface area contributed by atoms with Gasteiger partial charge in [0.1, 0.15) is 0 Å². The second-order valence-electron chi connectivity index (χ2n) is 7.05. The lowest BCUT2D eigenvalue weighted by molar-refractivity contribution is 0.169. The number of thioether (sulfide) groups is 1. The number of nitrogens with zero attached hydrogens (tertiary/aromatic N) is 2. The zero-order chi connectivity index (χ0) is 15.2. The van der Waals surface area contributed by atoms with Gasteiger partial charge in [-0.2, -0.15) is 17.0 Å². The third-order valence-electron chi connectivity index (χ3n) is 4.82. The Labute approximate surface area is 130 Å². The van der Waals surface area contributed by atoms with Crippen LogP contribution in [0.4, 0.5) is 0 Å². The molecule has 0 saturated heterocycles. The van der Waals surface area contributed by atoms with Crippen molar-refractivity contribution in [1.82, 2.24) is 4.90 Å². The molecule has 1 fully saturated rings. The van der Waals surface area contributed by atoms with Gasteiger partial charge in [0.25, 0.3) is 0 Å². The monoisotopic (exact) mass is 296 g/mol. The molecule has 2 nitrogen and oxygen atoms in total. The summed E-state index contributed by atoms with van der Waals surface area (Å²) in [6.45, 7) is 14.9. The van der Waals surface area contributed by atoms with E-state index in [0.717, 1.165) is 32.0 Å². The van der Waals surface area contributed by atoms with Crippen molar-refractivity contribution in [2.75, 3.05) is 25.4 Å². The summed E-state index contributed by atoms with van der Waals surface area (Å²) in [6, 6.07) is 2.56. The molecule has 3 atom stereocenters. The minimum Gasteiger partial charge on any atom is -0.303 e. The van der Waals surface area contributed by atoms with Crippen LogP contribution in [0.2, 0.25) is 0 Å². The Balaban J connectivity index is 2.49. The van der Waals surface area contributed by atoms with Gasteiger partial charge in [0, 0.05) is 17.5 Å². The van der Waals surface area contributed by atoms with Crippen LogP contribution < -0.4 is 0 Å². The number of nitriles is 1. The molecule has 0 aromatic rings. The molecule has 0 radical (unpaired) electrons. The topological polar surface area (TPSA) is 27.0 Å². The summed E-state index contributed by atoms with van der Waals surface area (Å²) >= 11 is 2.04. The Bertz CT molecular complexity index is 312. The fraction of sp³-hybridized carbons (Fsp3) is 0.941. The number of rotatable bonds is 6. The highest BCUT2D eigenvalue weighted by Gasteiger charge is 2.36. The van der Waals surface area contributed by atoms with Crippen LogP contribution in [-0.2, 0) is 0 Å². The highest BCUT2D eigenvalue weighted by atomic mass is 32.2. The molecule has 0 aromatic heterocycles. The lowest BCUT2D eigenvalue weighted by Crippen LogP contribution is -2.34. The summed E-state index contributed by atoms with van der Waals surface area (Å²) in [5.74, 6) is 2.22. The van der Waals surface area contributed by atoms with Gasteiger partial charge in [0.05, 0.1) is 12.0 Å². The van der Waals surface area contributed by atoms with Crippen LogP contribution >= 0.6 is 11.8 Å². The Morgan fingerprint density at radius 1 is 1.20 bits per heavy atom. The maximum Gasteiger partial charge on any atom is 0.0667 e. The van der Waals surface area contributed by atoms with Crippen molar-refractivity contribution in [3.8, 4) is 6.07 Å². The first-order valence-electron chi connectivity index (χ1n) is 8.15. The first-order chi connectivity index (χ1) is 9.42. The minimum atomic E-state index is 0.273. The Morgan fingerprint density at radius 3 is 2.35 bits per heavy atom. The van der Waals surface area contributed by atoms with Crippen LogP contribution in [0.25, 0.3) is 0 Å². The third-order valence-corrected chi connectivity index (χ3v) is 6.18. The van der Waals surface area contributed by atoms with Crippen molar-refractivity contribution in [1.29, 1.82) is 5.26 Å². The van der Waals surface area contributed by atoms with Gasteiger partial charge in [-0.05, 0) is 43.7 Å². The highest BCUT2D eigenvalue weighted by Crippen LogP contribution is 2.43. The van der Waals surface area contributed by atoms with Crippen molar-refractivity contribution in [2.24, 2.45) is 17.3 Å². The van der Waals surface area contributed by atoms with Crippen LogP contribution in [-0.4, -0.2) is 35.5 Å². The second-order valence-corrected chi connectivity index (χ2v) is 8.39. The molecular weight excluding hydrogens is 264 g/mol. The molecular formula is C17H32N2S. The van der Waals surface area contributed by atoms with E-state index >= 15 is 0 Å². The molecule has 0 aromatic carbocycles. The van der Waals surface area contributed by atoms with Gasteiger partial charge in [-0.1, -0.05) is 34.6 Å². The maximum atomic E-state index is 9.38. The standard InChI is InChI=1S/C17H32N2S/c1-6-19(7-2)10-11-20-16-12-15(17(3,4)5)9-8-14(16)13-18/h14-16H,6-12H2,1-5H3. The molecule has 0 bridgehead atoms. The molecule has 1 aliphatic rings. The van der Waals surface area contributed by atoms with Crippen LogP contribution in [0.1, 0.15) is 53.9 Å². The van der Waals surface area contributed by atoms with E-state index in [1.807, 2.05) is 11.8 Å². The van der Waals surface area contributed by atoms with Crippen LogP contribution in [0.5, 0.6) is 0 Å². The third kappa shape index (κ3) is 5.30. The molecule has 1 rings (SSSR count). The normalized spacial score (nSPS) is 27.6. The average Bonchev–Trinajstić information content (AvgIpc) is 2.42. The van der Waals surface area contributed by atoms with Crippen LogP contribution in [0, 0.1) is 28.6 Å². The molecule has 0 spiro atoms. The largest absolute Gasteiger partial charge is 0.303 e. The van der Waals surface area contributed by atoms with Crippen LogP contribution in [0.15, 0.2) is 0 Å². The zero-order valence-corrected chi connectivity index (χ0v) is 14.8. The smallest absolute Gasteiger partial charge is 0.0667 e. The lowest BCUT2D eigenvalue weighted by atomic mass is 9.70. The lowest BCUT2D eigenvalue weighted by Gasteiger charge is -2.39. The molecule has 1 saturated carbocycles. The van der Waals surface area contributed by atoms with Crippen molar-refractivity contribution >= 4 is 11.8 Å². The summed E-state index contributed by atoms with van der Waals surface area (Å²) < 4.78 is 0. The van der Waals surface area contributed by atoms with Crippen molar-refractivity contribution in [2.45, 2.75) is 59.1 Å². The van der Waals surface area contributed by atoms with Gasteiger partial charge in [0.15, 0.2) is 0 Å². The fourth-order valence-electron chi connectivity index (χ4n) is 3.12. The molecule has 1 aliphatic carbocycles. The van der Waals surface area contributed by atoms with Gasteiger partial charge in [-0.15, -0.1) is 0 Å². The second kappa shape index (κ2) is 8.29. The van der Waals surface area contributed by atoms with Gasteiger partial charge >= 0.3 is 0 Å². The van der Waals surface area contributed by atoms with Crippen molar-refractivity contribution in [3.05, 3.63) is 0 Å². The van der Waals surface area contributed by atoms with E-state index in [2.05, 4.69) is 45.6 Å². The summed E-state index contributed by atoms with van der Waals surface area (Å²) in [7, 11) is 0. The zero-order valence-electron chi connectivity index (χ0n) is 14.0. The van der Waals surface area contributed by atoms with E-state index in [9.17, 15) is 5.26 Å². The van der Waals surface area contributed by atoms with Gasteiger partial charge < -0.3 is 4.90 Å². The predicted octanol–water partition coefficient (Wildman–Crippen LogP) is 4.42. The van der Waals surface area contributed by atoms with Gasteiger partial charge in [0.2, 0.25) is 0 Å². The summed E-state index contributed by atoms with van der Waals surface area (Å²) in [5, 5.41) is 9.93. The minimum absolute atomic E-state index is 0.273. The van der Waals surface area contributed by atoms with E-state index in [1.54, 1.807) is 0 Å². The van der Waals surface area contributed by atoms with Gasteiger partial charge in [-0.3, -0.25) is 0 Å². The molecule has 0 N–H and O–H groups in total. The summed E-state index contributed by atoms with van der Waals surface area (Å²) in [5.41, 5.74) is 0.387. The van der Waals surface area contributed by atoms with E-state index in [1.165, 1.54) is 18.6 Å². The molecule has 116 valence electrons. The Kier molecular flexibility index (Phi) is 7.40. The predicted molar refractivity (Wildman–Crippen MR) is 89.9 cm³/mol. The van der Waals surface area contributed by atoms with Gasteiger partial charge in [-0.25, -0.2) is 0 Å². The fourth-order valence-corrected chi connectivity index (χ4v) is 4.58. The van der Waals surface area contributed by atoms with E-state index in [4.69, 9.17) is 0 Å². The van der Waals surface area contributed by atoms with E-state index in [0.29, 0.717) is 10.7 Å².